The SMILES string of the molecule is CCOC(=O)c1c(NC(=O)[C@@H](C)Oc2ccccc2C)sc2c1CCCC2. The van der Waals surface area contributed by atoms with Crippen LogP contribution in [0, 0.1) is 6.92 Å². The first-order valence-electron chi connectivity index (χ1n) is 9.36. The number of carbonyl (C=O) groups is 2. The zero-order valence-electron chi connectivity index (χ0n) is 16.0. The maximum Gasteiger partial charge on any atom is 0.341 e. The van der Waals surface area contributed by atoms with E-state index in [2.05, 4.69) is 5.32 Å². The van der Waals surface area contributed by atoms with E-state index in [9.17, 15) is 9.59 Å². The number of benzene rings is 1. The zero-order chi connectivity index (χ0) is 19.4. The molecule has 1 aromatic carbocycles. The lowest BCUT2D eigenvalue weighted by Gasteiger charge is -2.16. The lowest BCUT2D eigenvalue weighted by molar-refractivity contribution is -0.122. The summed E-state index contributed by atoms with van der Waals surface area (Å²) in [6.07, 6.45) is 3.27. The van der Waals surface area contributed by atoms with Gasteiger partial charge in [-0.25, -0.2) is 4.79 Å². The van der Waals surface area contributed by atoms with Gasteiger partial charge in [0.05, 0.1) is 12.2 Å². The Hall–Kier alpha value is -2.34. The van der Waals surface area contributed by atoms with E-state index in [1.807, 2.05) is 31.2 Å². The number of esters is 1. The predicted molar refractivity (Wildman–Crippen MR) is 107 cm³/mol. The number of fused-ring (bicyclic) bond motifs is 1. The second kappa shape index (κ2) is 8.57. The molecule has 5 nitrogen and oxygen atoms in total. The van der Waals surface area contributed by atoms with Crippen molar-refractivity contribution in [3.8, 4) is 5.75 Å². The Morgan fingerprint density at radius 3 is 2.70 bits per heavy atom. The third kappa shape index (κ3) is 4.33. The van der Waals surface area contributed by atoms with E-state index in [0.29, 0.717) is 22.9 Å². The van der Waals surface area contributed by atoms with E-state index >= 15 is 0 Å². The Kier molecular flexibility index (Phi) is 6.16. The number of thiophene rings is 1. The van der Waals surface area contributed by atoms with Crippen LogP contribution in [0.25, 0.3) is 0 Å². The normalized spacial score (nSPS) is 14.2. The maximum atomic E-state index is 12.7. The van der Waals surface area contributed by atoms with Crippen LogP contribution in [-0.2, 0) is 22.4 Å². The van der Waals surface area contributed by atoms with E-state index in [-0.39, 0.29) is 11.9 Å². The third-order valence-corrected chi connectivity index (χ3v) is 5.86. The van der Waals surface area contributed by atoms with Crippen molar-refractivity contribution in [3.63, 3.8) is 0 Å². The third-order valence-electron chi connectivity index (χ3n) is 4.65. The highest BCUT2D eigenvalue weighted by molar-refractivity contribution is 7.17. The van der Waals surface area contributed by atoms with Crippen molar-refractivity contribution < 1.29 is 19.1 Å². The van der Waals surface area contributed by atoms with Gasteiger partial charge in [0, 0.05) is 4.88 Å². The number of hydrogen-bond acceptors (Lipinski definition) is 5. The van der Waals surface area contributed by atoms with E-state index in [0.717, 1.165) is 36.8 Å². The maximum absolute atomic E-state index is 12.7. The first-order valence-corrected chi connectivity index (χ1v) is 10.2. The minimum atomic E-state index is -0.680. The van der Waals surface area contributed by atoms with Crippen LogP contribution in [0.1, 0.15) is 53.1 Å². The summed E-state index contributed by atoms with van der Waals surface area (Å²) in [5.41, 5.74) is 2.52. The number of rotatable bonds is 6. The van der Waals surface area contributed by atoms with Crippen LogP contribution in [0.2, 0.25) is 0 Å². The number of hydrogen-bond donors (Lipinski definition) is 1. The molecule has 2 aromatic rings. The minimum absolute atomic E-state index is 0.276. The Labute approximate surface area is 163 Å². The summed E-state index contributed by atoms with van der Waals surface area (Å²) in [4.78, 5) is 26.4. The number of aryl methyl sites for hydroxylation is 2. The van der Waals surface area contributed by atoms with Crippen LogP contribution in [0.15, 0.2) is 24.3 Å². The molecule has 1 amide bonds. The summed E-state index contributed by atoms with van der Waals surface area (Å²) in [6, 6.07) is 7.58. The molecule has 1 aliphatic rings. The Balaban J connectivity index is 1.80. The van der Waals surface area contributed by atoms with Crippen LogP contribution < -0.4 is 10.1 Å². The van der Waals surface area contributed by atoms with Crippen molar-refractivity contribution >= 4 is 28.2 Å². The van der Waals surface area contributed by atoms with Crippen LogP contribution in [0.3, 0.4) is 0 Å². The van der Waals surface area contributed by atoms with Gasteiger partial charge in [-0.1, -0.05) is 18.2 Å². The average molecular weight is 388 g/mol. The first kappa shape index (κ1) is 19.4. The monoisotopic (exact) mass is 387 g/mol. The molecule has 0 aliphatic heterocycles. The van der Waals surface area contributed by atoms with Gasteiger partial charge in [-0.2, -0.15) is 0 Å². The fourth-order valence-corrected chi connectivity index (χ4v) is 4.50. The van der Waals surface area contributed by atoms with Crippen molar-refractivity contribution in [2.24, 2.45) is 0 Å². The van der Waals surface area contributed by atoms with Crippen LogP contribution in [-0.4, -0.2) is 24.6 Å². The number of anilines is 1. The second-order valence-corrected chi connectivity index (χ2v) is 7.76. The van der Waals surface area contributed by atoms with Gasteiger partial charge < -0.3 is 14.8 Å². The highest BCUT2D eigenvalue weighted by Gasteiger charge is 2.28. The lowest BCUT2D eigenvalue weighted by atomic mass is 9.95. The number of nitrogens with one attached hydrogen (secondary N) is 1. The van der Waals surface area contributed by atoms with Crippen molar-refractivity contribution in [2.45, 2.75) is 52.6 Å². The van der Waals surface area contributed by atoms with Gasteiger partial charge in [0.25, 0.3) is 5.91 Å². The van der Waals surface area contributed by atoms with E-state index < -0.39 is 6.10 Å². The molecule has 0 saturated heterocycles. The quantitative estimate of drug-likeness (QED) is 0.740. The van der Waals surface area contributed by atoms with Gasteiger partial charge in [-0.05, 0) is 63.6 Å². The molecule has 0 unspecified atom stereocenters. The fraction of sp³-hybridized carbons (Fsp3) is 0.429. The molecular formula is C21H25NO4S. The molecule has 27 heavy (non-hydrogen) atoms. The molecule has 144 valence electrons. The molecule has 6 heteroatoms. The molecule has 0 saturated carbocycles. The Morgan fingerprint density at radius 1 is 1.22 bits per heavy atom. The molecule has 1 aromatic heterocycles. The standard InChI is InChI=1S/C21H25NO4S/c1-4-25-21(24)18-15-10-6-8-12-17(15)27-20(18)22-19(23)14(3)26-16-11-7-5-9-13(16)2/h5,7,9,11,14H,4,6,8,10,12H2,1-3H3,(H,22,23)/t14-/m1/s1. The predicted octanol–water partition coefficient (Wildman–Crippen LogP) is 4.52. The van der Waals surface area contributed by atoms with Crippen molar-refractivity contribution in [3.05, 3.63) is 45.8 Å². The summed E-state index contributed by atoms with van der Waals surface area (Å²) in [5.74, 6) is 0.0401. The largest absolute Gasteiger partial charge is 0.481 e. The van der Waals surface area contributed by atoms with Gasteiger partial charge in [0.15, 0.2) is 6.10 Å². The fourth-order valence-electron chi connectivity index (χ4n) is 3.22. The van der Waals surface area contributed by atoms with Gasteiger partial charge >= 0.3 is 5.97 Å². The molecule has 0 radical (unpaired) electrons. The minimum Gasteiger partial charge on any atom is -0.481 e. The highest BCUT2D eigenvalue weighted by atomic mass is 32.1. The van der Waals surface area contributed by atoms with Gasteiger partial charge in [-0.3, -0.25) is 4.79 Å². The summed E-state index contributed by atoms with van der Waals surface area (Å²) in [5, 5.41) is 3.47. The first-order chi connectivity index (χ1) is 13.0. The number of para-hydroxylation sites is 1. The number of amides is 1. The summed E-state index contributed by atoms with van der Waals surface area (Å²) in [6.45, 7) is 5.74. The molecule has 1 atom stereocenters. The Bertz CT molecular complexity index is 843. The Morgan fingerprint density at radius 2 is 1.96 bits per heavy atom. The lowest BCUT2D eigenvalue weighted by Crippen LogP contribution is -2.30. The van der Waals surface area contributed by atoms with Gasteiger partial charge in [0.1, 0.15) is 10.8 Å². The topological polar surface area (TPSA) is 64.6 Å². The zero-order valence-corrected chi connectivity index (χ0v) is 16.8. The van der Waals surface area contributed by atoms with Crippen molar-refractivity contribution in [1.82, 2.24) is 0 Å². The van der Waals surface area contributed by atoms with E-state index in [1.165, 1.54) is 16.2 Å². The van der Waals surface area contributed by atoms with Crippen LogP contribution >= 0.6 is 11.3 Å². The van der Waals surface area contributed by atoms with Crippen LogP contribution in [0.5, 0.6) is 5.75 Å². The molecule has 1 heterocycles. The summed E-state index contributed by atoms with van der Waals surface area (Å²) < 4.78 is 11.0. The van der Waals surface area contributed by atoms with E-state index in [4.69, 9.17) is 9.47 Å². The molecule has 0 bridgehead atoms. The molecule has 1 N–H and O–H groups in total. The molecule has 3 rings (SSSR count). The van der Waals surface area contributed by atoms with Crippen molar-refractivity contribution in [2.75, 3.05) is 11.9 Å². The van der Waals surface area contributed by atoms with Gasteiger partial charge in [-0.15, -0.1) is 11.3 Å². The molecule has 0 fully saturated rings. The second-order valence-electron chi connectivity index (χ2n) is 6.65. The smallest absolute Gasteiger partial charge is 0.341 e. The van der Waals surface area contributed by atoms with Crippen LogP contribution in [0.4, 0.5) is 5.00 Å². The molecule has 0 spiro atoms. The van der Waals surface area contributed by atoms with E-state index in [1.54, 1.807) is 13.8 Å². The number of ether oxygens (including phenoxy) is 2. The average Bonchev–Trinajstić information content (AvgIpc) is 3.01. The summed E-state index contributed by atoms with van der Waals surface area (Å²) in [7, 11) is 0. The summed E-state index contributed by atoms with van der Waals surface area (Å²) >= 11 is 1.48. The number of carbonyl (C=O) groups excluding carboxylic acids is 2. The molecular weight excluding hydrogens is 362 g/mol. The van der Waals surface area contributed by atoms with Gasteiger partial charge in [0.2, 0.25) is 0 Å². The molecule has 1 aliphatic carbocycles. The van der Waals surface area contributed by atoms with Crippen molar-refractivity contribution in [1.29, 1.82) is 0 Å². The highest BCUT2D eigenvalue weighted by Crippen LogP contribution is 2.38.